The largest absolute Gasteiger partial charge is 0.507 e. The first-order valence-electron chi connectivity index (χ1n) is 15.8. The van der Waals surface area contributed by atoms with Gasteiger partial charge >= 0.3 is 11.7 Å². The number of aromatic amines is 1. The molecule has 2 aromatic carbocycles. The predicted molar refractivity (Wildman–Crippen MR) is 175 cm³/mol. The molecule has 46 heavy (non-hydrogen) atoms. The molecule has 0 unspecified atom stereocenters. The van der Waals surface area contributed by atoms with Crippen molar-refractivity contribution < 1.29 is 23.8 Å². The van der Waals surface area contributed by atoms with Gasteiger partial charge in [-0.3, -0.25) is 4.79 Å². The molecular weight excluding hydrogens is 584 g/mol. The highest BCUT2D eigenvalue weighted by atomic mass is 16.6. The van der Waals surface area contributed by atoms with E-state index in [0.29, 0.717) is 23.6 Å². The molecule has 242 valence electrons. The molecule has 1 saturated carbocycles. The van der Waals surface area contributed by atoms with Crippen LogP contribution in [0.1, 0.15) is 86.9 Å². The van der Waals surface area contributed by atoms with Gasteiger partial charge in [-0.1, -0.05) is 49.4 Å². The summed E-state index contributed by atoms with van der Waals surface area (Å²) in [7, 11) is 0. The van der Waals surface area contributed by atoms with Crippen molar-refractivity contribution in [1.29, 1.82) is 0 Å². The normalized spacial score (nSPS) is 15.0. The van der Waals surface area contributed by atoms with E-state index in [4.69, 9.17) is 9.15 Å². The van der Waals surface area contributed by atoms with E-state index in [1.807, 2.05) is 43.3 Å². The SMILES string of the molecule is CC[C@@H](Cc1ccccc1)c1cc(O)c([C@H](c2cccc(NC(=O)[C@H](Cc3cnc[nH]3)NC(=O)OC(C)(C)C)c2)C2CC2)c(=O)o1. The van der Waals surface area contributed by atoms with Crippen LogP contribution >= 0.6 is 0 Å². The molecule has 0 aliphatic heterocycles. The van der Waals surface area contributed by atoms with Crippen molar-refractivity contribution in [3.05, 3.63) is 112 Å². The van der Waals surface area contributed by atoms with Crippen molar-refractivity contribution >= 4 is 17.7 Å². The standard InChI is InChI=1S/C36H42N4O6/c1-5-23(16-22-10-7-6-8-11-22)30-19-29(41)32(34(43)45-30)31(24-14-15-24)25-12-9-13-26(17-25)39-33(42)28(18-27-20-37-21-38-27)40-35(44)46-36(2,3)4/h6-13,17,19-21,23-24,28,31,41H,5,14-16,18H2,1-4H3,(H,37,38)(H,39,42)(H,40,44)/t23-,28-,31-/m0/s1. The van der Waals surface area contributed by atoms with Crippen molar-refractivity contribution in [2.24, 2.45) is 5.92 Å². The fourth-order valence-electron chi connectivity index (χ4n) is 5.76. The molecule has 0 bridgehead atoms. The number of aromatic hydroxyl groups is 1. The summed E-state index contributed by atoms with van der Waals surface area (Å²) < 4.78 is 11.3. The molecule has 1 aliphatic carbocycles. The molecule has 4 aromatic rings. The minimum Gasteiger partial charge on any atom is -0.507 e. The Morgan fingerprint density at radius 2 is 1.85 bits per heavy atom. The third kappa shape index (κ3) is 8.44. The lowest BCUT2D eigenvalue weighted by Gasteiger charge is -2.23. The minimum absolute atomic E-state index is 0.0584. The second kappa shape index (κ2) is 14.1. The van der Waals surface area contributed by atoms with Crippen molar-refractivity contribution in [2.75, 3.05) is 5.32 Å². The zero-order chi connectivity index (χ0) is 32.8. The van der Waals surface area contributed by atoms with Gasteiger partial charge in [0.1, 0.15) is 23.2 Å². The van der Waals surface area contributed by atoms with Crippen LogP contribution in [0.5, 0.6) is 5.75 Å². The number of hydrogen-bond acceptors (Lipinski definition) is 7. The molecule has 1 fully saturated rings. The van der Waals surface area contributed by atoms with E-state index in [1.54, 1.807) is 51.2 Å². The van der Waals surface area contributed by atoms with Crippen LogP contribution in [-0.2, 0) is 22.4 Å². The van der Waals surface area contributed by atoms with E-state index in [0.717, 1.165) is 30.4 Å². The van der Waals surface area contributed by atoms with E-state index < -0.39 is 35.2 Å². The van der Waals surface area contributed by atoms with Crippen LogP contribution in [0.2, 0.25) is 0 Å². The van der Waals surface area contributed by atoms with Gasteiger partial charge in [0.15, 0.2) is 0 Å². The molecule has 2 aromatic heterocycles. The number of H-pyrrole nitrogens is 1. The molecule has 2 heterocycles. The number of amides is 2. The van der Waals surface area contributed by atoms with Crippen molar-refractivity contribution in [3.63, 3.8) is 0 Å². The number of imidazole rings is 1. The van der Waals surface area contributed by atoms with Gasteiger partial charge in [0, 0.05) is 41.9 Å². The Morgan fingerprint density at radius 1 is 1.09 bits per heavy atom. The summed E-state index contributed by atoms with van der Waals surface area (Å²) >= 11 is 0. The molecule has 0 spiro atoms. The lowest BCUT2D eigenvalue weighted by atomic mass is 9.86. The summed E-state index contributed by atoms with van der Waals surface area (Å²) in [6.07, 6.45) is 5.79. The van der Waals surface area contributed by atoms with Gasteiger partial charge in [0.25, 0.3) is 0 Å². The van der Waals surface area contributed by atoms with Crippen LogP contribution in [0.4, 0.5) is 10.5 Å². The Hall–Kier alpha value is -4.86. The van der Waals surface area contributed by atoms with Crippen LogP contribution in [0, 0.1) is 5.92 Å². The molecule has 5 rings (SSSR count). The number of nitrogens with zero attached hydrogens (tertiary/aromatic N) is 1. The lowest BCUT2D eigenvalue weighted by Crippen LogP contribution is -2.47. The molecule has 4 N–H and O–H groups in total. The smallest absolute Gasteiger partial charge is 0.408 e. The topological polar surface area (TPSA) is 147 Å². The van der Waals surface area contributed by atoms with Gasteiger partial charge in [0.2, 0.25) is 5.91 Å². The zero-order valence-corrected chi connectivity index (χ0v) is 26.7. The Morgan fingerprint density at radius 3 is 2.48 bits per heavy atom. The van der Waals surface area contributed by atoms with Crippen LogP contribution < -0.4 is 16.3 Å². The molecule has 10 heteroatoms. The van der Waals surface area contributed by atoms with Crippen molar-refractivity contribution in [2.45, 2.75) is 83.3 Å². The maximum atomic E-state index is 13.5. The first-order valence-corrected chi connectivity index (χ1v) is 15.8. The Bertz CT molecular complexity index is 1690. The summed E-state index contributed by atoms with van der Waals surface area (Å²) in [6, 6.07) is 17.9. The fraction of sp³-hybridized carbons (Fsp3) is 0.389. The Kier molecular flexibility index (Phi) is 9.94. The molecule has 3 atom stereocenters. The minimum atomic E-state index is -0.954. The number of carbonyl (C=O) groups is 2. The summed E-state index contributed by atoms with van der Waals surface area (Å²) in [5.74, 6) is -0.372. The summed E-state index contributed by atoms with van der Waals surface area (Å²) in [5, 5.41) is 16.8. The second-order valence-electron chi connectivity index (χ2n) is 12.9. The van der Waals surface area contributed by atoms with Gasteiger partial charge < -0.3 is 29.9 Å². The van der Waals surface area contributed by atoms with Crippen molar-refractivity contribution in [1.82, 2.24) is 15.3 Å². The lowest BCUT2D eigenvalue weighted by molar-refractivity contribution is -0.118. The third-order valence-corrected chi connectivity index (χ3v) is 8.11. The summed E-state index contributed by atoms with van der Waals surface area (Å²) in [6.45, 7) is 7.28. The number of alkyl carbamates (subject to hydrolysis) is 1. The highest BCUT2D eigenvalue weighted by molar-refractivity contribution is 5.96. The van der Waals surface area contributed by atoms with E-state index in [9.17, 15) is 19.5 Å². The van der Waals surface area contributed by atoms with Gasteiger partial charge in [-0.05, 0) is 75.6 Å². The Balaban J connectivity index is 1.38. The molecule has 0 saturated heterocycles. The van der Waals surface area contributed by atoms with Gasteiger partial charge in [-0.25, -0.2) is 14.6 Å². The number of rotatable bonds is 12. The number of anilines is 1. The molecule has 2 amide bonds. The first kappa shape index (κ1) is 32.5. The number of benzene rings is 2. The van der Waals surface area contributed by atoms with Gasteiger partial charge in [-0.2, -0.15) is 0 Å². The average molecular weight is 627 g/mol. The maximum Gasteiger partial charge on any atom is 0.408 e. The van der Waals surface area contributed by atoms with E-state index >= 15 is 0 Å². The van der Waals surface area contributed by atoms with Gasteiger partial charge in [-0.15, -0.1) is 0 Å². The number of aromatic nitrogens is 2. The van der Waals surface area contributed by atoms with Crippen molar-refractivity contribution in [3.8, 4) is 5.75 Å². The van der Waals surface area contributed by atoms with E-state index in [-0.39, 0.29) is 29.6 Å². The van der Waals surface area contributed by atoms with Gasteiger partial charge in [0.05, 0.1) is 11.9 Å². The van der Waals surface area contributed by atoms with Crippen LogP contribution in [0.3, 0.4) is 0 Å². The quantitative estimate of drug-likeness (QED) is 0.142. The molecule has 0 radical (unpaired) electrons. The highest BCUT2D eigenvalue weighted by Gasteiger charge is 2.38. The van der Waals surface area contributed by atoms with Crippen LogP contribution in [-0.4, -0.2) is 38.7 Å². The Labute approximate surface area is 268 Å². The molecule has 1 aliphatic rings. The molecular formula is C36H42N4O6. The monoisotopic (exact) mass is 626 g/mol. The first-order chi connectivity index (χ1) is 22.0. The average Bonchev–Trinajstić information content (AvgIpc) is 3.71. The number of carbonyl (C=O) groups excluding carboxylic acids is 2. The fourth-order valence-corrected chi connectivity index (χ4v) is 5.76. The van der Waals surface area contributed by atoms with Crippen LogP contribution in [0.25, 0.3) is 0 Å². The second-order valence-corrected chi connectivity index (χ2v) is 12.9. The van der Waals surface area contributed by atoms with Crippen LogP contribution in [0.15, 0.2) is 82.4 Å². The molecule has 10 nitrogen and oxygen atoms in total. The summed E-state index contributed by atoms with van der Waals surface area (Å²) in [4.78, 5) is 46.6. The summed E-state index contributed by atoms with van der Waals surface area (Å²) in [5.41, 5.74) is 2.00. The third-order valence-electron chi connectivity index (χ3n) is 8.11. The zero-order valence-electron chi connectivity index (χ0n) is 26.7. The van der Waals surface area contributed by atoms with E-state index in [2.05, 4.69) is 20.6 Å². The highest BCUT2D eigenvalue weighted by Crippen LogP contribution is 2.48. The number of ether oxygens (including phenoxy) is 1. The van der Waals surface area contributed by atoms with E-state index in [1.165, 1.54) is 6.33 Å². The number of hydrogen-bond donors (Lipinski definition) is 4. The number of nitrogens with one attached hydrogen (secondary N) is 3. The predicted octanol–water partition coefficient (Wildman–Crippen LogP) is 6.42. The maximum absolute atomic E-state index is 13.5.